The van der Waals surface area contributed by atoms with Crippen molar-refractivity contribution in [3.05, 3.63) is 46.3 Å². The van der Waals surface area contributed by atoms with Crippen molar-refractivity contribution in [1.29, 1.82) is 5.41 Å². The monoisotopic (exact) mass is 537 g/mol. The van der Waals surface area contributed by atoms with Crippen LogP contribution in [0.5, 0.6) is 5.75 Å². The van der Waals surface area contributed by atoms with E-state index in [2.05, 4.69) is 13.8 Å². The molecule has 1 heterocycles. The first kappa shape index (κ1) is 30.2. The van der Waals surface area contributed by atoms with Gasteiger partial charge in [-0.15, -0.1) is 17.0 Å². The lowest BCUT2D eigenvalue weighted by atomic mass is 9.78. The minimum absolute atomic E-state index is 0. The van der Waals surface area contributed by atoms with Gasteiger partial charge in [0.15, 0.2) is 5.78 Å². The number of Topliss-reactive ketones (excluding diaryl/α,β-unsaturated/α-hetero) is 1. The number of nitrogens with zero attached hydrogens (tertiary/aromatic N) is 2. The summed E-state index contributed by atoms with van der Waals surface area (Å²) in [6.45, 7) is 16.9. The van der Waals surface area contributed by atoms with Crippen LogP contribution in [0.2, 0.25) is 0 Å². The number of carbonyl (C=O) groups excluding carboxylic acids is 1. The first-order chi connectivity index (χ1) is 15.2. The second-order valence-electron chi connectivity index (χ2n) is 11.2. The van der Waals surface area contributed by atoms with Gasteiger partial charge in [-0.05, 0) is 35.3 Å². The Hall–Kier alpha value is -1.86. The highest BCUT2D eigenvalue weighted by Gasteiger charge is 2.28. The van der Waals surface area contributed by atoms with Gasteiger partial charge in [0.1, 0.15) is 5.75 Å². The van der Waals surface area contributed by atoms with E-state index in [4.69, 9.17) is 5.41 Å². The van der Waals surface area contributed by atoms with Crippen LogP contribution in [0, 0.1) is 11.3 Å². The number of imidazole rings is 1. The fourth-order valence-electron chi connectivity index (χ4n) is 4.27. The average molecular weight is 539 g/mol. The fourth-order valence-corrected chi connectivity index (χ4v) is 4.27. The van der Waals surface area contributed by atoms with Crippen molar-refractivity contribution in [1.82, 2.24) is 9.13 Å². The number of phenols is 1. The molecule has 0 aliphatic rings. The smallest absolute Gasteiger partial charge is 0.202 e. The topological polar surface area (TPSA) is 91.2 Å². The molecule has 3 N–H and O–H groups in total. The molecule has 6 nitrogen and oxygen atoms in total. The summed E-state index contributed by atoms with van der Waals surface area (Å²) < 4.78 is 3.42. The van der Waals surface area contributed by atoms with Crippen molar-refractivity contribution < 1.29 is 15.0 Å². The molecule has 0 radical (unpaired) electrons. The minimum Gasteiger partial charge on any atom is -0.507 e. The third-order valence-corrected chi connectivity index (χ3v) is 6.62. The van der Waals surface area contributed by atoms with E-state index >= 15 is 0 Å². The number of carbonyl (C=O) groups is 1. The Balaban J connectivity index is 0.00000578. The number of nitrogens with one attached hydrogen (secondary N) is 1. The number of hydrogen-bond acceptors (Lipinski definition) is 4. The lowest BCUT2D eigenvalue weighted by Gasteiger charge is -2.28. The lowest BCUT2D eigenvalue weighted by Crippen LogP contribution is -2.29. The van der Waals surface area contributed by atoms with Crippen molar-refractivity contribution in [3.63, 3.8) is 0 Å². The molecule has 34 heavy (non-hydrogen) atoms. The number of ketones is 1. The van der Waals surface area contributed by atoms with E-state index in [0.717, 1.165) is 30.4 Å². The van der Waals surface area contributed by atoms with Crippen molar-refractivity contribution in [3.8, 4) is 5.75 Å². The van der Waals surface area contributed by atoms with Crippen molar-refractivity contribution in [2.24, 2.45) is 5.92 Å². The van der Waals surface area contributed by atoms with Gasteiger partial charge < -0.3 is 19.3 Å². The first-order valence-corrected chi connectivity index (χ1v) is 12.1. The van der Waals surface area contributed by atoms with Crippen LogP contribution < -0.4 is 5.62 Å². The summed E-state index contributed by atoms with van der Waals surface area (Å²) in [6.07, 6.45) is 4.96. The summed E-state index contributed by atoms with van der Waals surface area (Å²) in [5, 5.41) is 29.5. The largest absolute Gasteiger partial charge is 0.507 e. The third-order valence-electron chi connectivity index (χ3n) is 6.62. The predicted molar refractivity (Wildman–Crippen MR) is 143 cm³/mol. The molecule has 2 aromatic rings. The summed E-state index contributed by atoms with van der Waals surface area (Å²) in [5.41, 5.74) is 2.11. The number of halogens is 1. The lowest BCUT2D eigenvalue weighted by molar-refractivity contribution is 0.0967. The first-order valence-electron chi connectivity index (χ1n) is 12.1. The second-order valence-corrected chi connectivity index (χ2v) is 11.2. The molecular weight excluding hydrogens is 494 g/mol. The van der Waals surface area contributed by atoms with Crippen molar-refractivity contribution >= 4 is 22.8 Å². The van der Waals surface area contributed by atoms with Crippen LogP contribution in [0.1, 0.15) is 102 Å². The van der Waals surface area contributed by atoms with Crippen molar-refractivity contribution in [2.75, 3.05) is 0 Å². The van der Waals surface area contributed by atoms with Crippen LogP contribution in [-0.2, 0) is 30.5 Å². The number of aromatic hydroxyl groups is 1. The van der Waals surface area contributed by atoms with Crippen LogP contribution in [0.25, 0.3) is 0 Å². The number of aliphatic hydroxyl groups is 1. The van der Waals surface area contributed by atoms with Gasteiger partial charge in [-0.1, -0.05) is 68.2 Å². The number of benzene rings is 1. The maximum Gasteiger partial charge on any atom is 0.202 e. The number of aromatic nitrogens is 2. The van der Waals surface area contributed by atoms with Gasteiger partial charge in [0.05, 0.1) is 18.8 Å². The standard InChI is InChI=1S/C27H43N3O3.BrH/c1-9-18(10-2)11-12-29-15-20(17-31)30(25(29)28)16-23(32)19-13-21(26(3,4)5)24(33)22(14-19)27(6,7)8;/h13-15,18,28,31,33H,9-12,16-17H2,1-8H3;1H. The van der Waals surface area contributed by atoms with Crippen molar-refractivity contribution in [2.45, 2.75) is 105 Å². The molecule has 0 amide bonds. The van der Waals surface area contributed by atoms with E-state index in [-0.39, 0.29) is 58.1 Å². The molecular formula is C27H44BrN3O3. The molecule has 0 atom stereocenters. The quantitative estimate of drug-likeness (QED) is 0.350. The number of aryl methyl sites for hydroxylation is 1. The molecule has 1 aromatic carbocycles. The second kappa shape index (κ2) is 11.7. The summed E-state index contributed by atoms with van der Waals surface area (Å²) in [6, 6.07) is 3.56. The van der Waals surface area contributed by atoms with Crippen LogP contribution >= 0.6 is 17.0 Å². The van der Waals surface area contributed by atoms with E-state index in [9.17, 15) is 15.0 Å². The number of phenolic OH excluding ortho intramolecular Hbond substituents is 1. The Bertz CT molecular complexity index is 1000. The molecule has 0 bridgehead atoms. The number of rotatable bonds is 9. The van der Waals surface area contributed by atoms with E-state index < -0.39 is 0 Å². The Morgan fingerprint density at radius 2 is 1.53 bits per heavy atom. The predicted octanol–water partition coefficient (Wildman–Crippen LogP) is 5.85. The molecule has 2 rings (SSSR count). The molecule has 0 unspecified atom stereocenters. The van der Waals surface area contributed by atoms with Gasteiger partial charge in [-0.3, -0.25) is 10.2 Å². The van der Waals surface area contributed by atoms with Gasteiger partial charge in [-0.25, -0.2) is 0 Å². The highest BCUT2D eigenvalue weighted by atomic mass is 79.9. The van der Waals surface area contributed by atoms with Crippen LogP contribution in [0.15, 0.2) is 18.3 Å². The minimum atomic E-state index is -0.331. The van der Waals surface area contributed by atoms with Gasteiger partial charge >= 0.3 is 0 Å². The average Bonchev–Trinajstić information content (AvgIpc) is 3.02. The van der Waals surface area contributed by atoms with Gasteiger partial charge in [0.2, 0.25) is 5.62 Å². The Morgan fingerprint density at radius 3 is 1.94 bits per heavy atom. The molecule has 192 valence electrons. The van der Waals surface area contributed by atoms with Gasteiger partial charge in [0.25, 0.3) is 0 Å². The molecule has 1 aromatic heterocycles. The zero-order valence-electron chi connectivity index (χ0n) is 22.2. The fraction of sp³-hybridized carbons (Fsp3) is 0.630. The van der Waals surface area contributed by atoms with E-state index in [1.165, 1.54) is 0 Å². The summed E-state index contributed by atoms with van der Waals surface area (Å²) in [5.74, 6) is 0.698. The number of hydrogen-bond donors (Lipinski definition) is 3. The zero-order chi connectivity index (χ0) is 25.1. The number of aliphatic hydroxyl groups excluding tert-OH is 1. The Labute approximate surface area is 215 Å². The molecule has 0 aliphatic heterocycles. The molecule has 0 aliphatic carbocycles. The van der Waals surface area contributed by atoms with Crippen LogP contribution in [0.3, 0.4) is 0 Å². The maximum absolute atomic E-state index is 13.4. The van der Waals surface area contributed by atoms with Gasteiger partial charge in [-0.2, -0.15) is 0 Å². The summed E-state index contributed by atoms with van der Waals surface area (Å²) >= 11 is 0. The molecule has 0 fully saturated rings. The normalized spacial score (nSPS) is 12.2. The van der Waals surface area contributed by atoms with Crippen LogP contribution in [0.4, 0.5) is 0 Å². The maximum atomic E-state index is 13.4. The highest BCUT2D eigenvalue weighted by Crippen LogP contribution is 2.39. The molecule has 7 heteroatoms. The Kier molecular flexibility index (Phi) is 10.4. The SMILES string of the molecule is Br.CCC(CC)CCn1cc(CO)n(CC(=O)c2cc(C(C)(C)C)c(O)c(C(C)(C)C)c2)c1=N. The van der Waals surface area contributed by atoms with E-state index in [0.29, 0.717) is 23.7 Å². The summed E-state index contributed by atoms with van der Waals surface area (Å²) in [7, 11) is 0. The van der Waals surface area contributed by atoms with E-state index in [1.807, 2.05) is 46.1 Å². The van der Waals surface area contributed by atoms with Crippen LogP contribution in [-0.4, -0.2) is 25.1 Å². The zero-order valence-corrected chi connectivity index (χ0v) is 23.9. The molecule has 0 saturated carbocycles. The van der Waals surface area contributed by atoms with E-state index in [1.54, 1.807) is 22.9 Å². The Morgan fingerprint density at radius 1 is 1.03 bits per heavy atom. The third kappa shape index (κ3) is 6.85. The molecule has 0 saturated heterocycles. The van der Waals surface area contributed by atoms with Gasteiger partial charge in [0, 0.05) is 29.4 Å². The highest BCUT2D eigenvalue weighted by molar-refractivity contribution is 8.93. The summed E-state index contributed by atoms with van der Waals surface area (Å²) in [4.78, 5) is 13.4. The molecule has 0 spiro atoms.